The van der Waals surface area contributed by atoms with Crippen LogP contribution in [0.25, 0.3) is 0 Å². The Balaban J connectivity index is 1.82. The molecule has 0 aliphatic rings. The van der Waals surface area contributed by atoms with Crippen molar-refractivity contribution in [3.05, 3.63) is 103 Å². The molecule has 150 valence electrons. The second-order valence-electron chi connectivity index (χ2n) is 6.85. The van der Waals surface area contributed by atoms with Gasteiger partial charge in [0.1, 0.15) is 0 Å². The SMILES string of the molecule is NCCc1cc(Br)cc(C#Cc2cccc(C#Cc3cc(Br)cc(CCN)c3)c2)c1. The van der Waals surface area contributed by atoms with E-state index < -0.39 is 0 Å². The third-order valence-electron chi connectivity index (χ3n) is 4.35. The Morgan fingerprint density at radius 2 is 1.00 bits per heavy atom. The lowest BCUT2D eigenvalue weighted by molar-refractivity contribution is 0.967. The summed E-state index contributed by atoms with van der Waals surface area (Å²) in [4.78, 5) is 0. The third kappa shape index (κ3) is 6.87. The normalized spacial score (nSPS) is 10.0. The fourth-order valence-electron chi connectivity index (χ4n) is 3.03. The maximum atomic E-state index is 5.67. The van der Waals surface area contributed by atoms with Crippen LogP contribution in [0.3, 0.4) is 0 Å². The zero-order chi connectivity index (χ0) is 21.3. The summed E-state index contributed by atoms with van der Waals surface area (Å²) in [7, 11) is 0. The van der Waals surface area contributed by atoms with E-state index in [4.69, 9.17) is 11.5 Å². The van der Waals surface area contributed by atoms with Gasteiger partial charge in [0.25, 0.3) is 0 Å². The van der Waals surface area contributed by atoms with Crippen LogP contribution < -0.4 is 11.5 Å². The van der Waals surface area contributed by atoms with E-state index in [-0.39, 0.29) is 0 Å². The Morgan fingerprint density at radius 1 is 0.567 bits per heavy atom. The molecule has 0 aromatic heterocycles. The lowest BCUT2D eigenvalue weighted by Gasteiger charge is -2.01. The van der Waals surface area contributed by atoms with Gasteiger partial charge < -0.3 is 11.5 Å². The summed E-state index contributed by atoms with van der Waals surface area (Å²) < 4.78 is 2.03. The van der Waals surface area contributed by atoms with Crippen molar-refractivity contribution in [1.29, 1.82) is 0 Å². The van der Waals surface area contributed by atoms with Crippen LogP contribution in [0.5, 0.6) is 0 Å². The molecule has 0 saturated heterocycles. The minimum Gasteiger partial charge on any atom is -0.330 e. The van der Waals surface area contributed by atoms with Crippen molar-refractivity contribution in [2.24, 2.45) is 11.5 Å². The second kappa shape index (κ2) is 11.2. The Bertz CT molecular complexity index is 1070. The monoisotopic (exact) mass is 520 g/mol. The topological polar surface area (TPSA) is 52.0 Å². The first kappa shape index (κ1) is 22.3. The lowest BCUT2D eigenvalue weighted by Crippen LogP contribution is -2.02. The molecule has 0 amide bonds. The fraction of sp³-hybridized carbons (Fsp3) is 0.154. The van der Waals surface area contributed by atoms with Gasteiger partial charge >= 0.3 is 0 Å². The Hall–Kier alpha value is -2.34. The first-order valence-electron chi connectivity index (χ1n) is 9.69. The molecule has 0 aliphatic heterocycles. The summed E-state index contributed by atoms with van der Waals surface area (Å²) >= 11 is 7.09. The van der Waals surface area contributed by atoms with Gasteiger partial charge in [0, 0.05) is 31.2 Å². The number of nitrogens with two attached hydrogens (primary N) is 2. The van der Waals surface area contributed by atoms with E-state index in [1.165, 1.54) is 11.1 Å². The molecule has 4 heteroatoms. The molecule has 4 N–H and O–H groups in total. The standard InChI is InChI=1S/C26H22Br2N2/c27-25-15-21(13-23(17-25)8-10-29)6-4-19-2-1-3-20(12-19)5-7-22-14-24(9-11-30)18-26(28)16-22/h1-3,12-18H,8-11,29-30H2. The highest BCUT2D eigenvalue weighted by molar-refractivity contribution is 9.10. The summed E-state index contributed by atoms with van der Waals surface area (Å²) in [6, 6.07) is 20.3. The largest absolute Gasteiger partial charge is 0.330 e. The first-order valence-corrected chi connectivity index (χ1v) is 11.3. The molecule has 3 aromatic carbocycles. The number of halogens is 2. The van der Waals surface area contributed by atoms with Crippen molar-refractivity contribution in [3.8, 4) is 23.7 Å². The van der Waals surface area contributed by atoms with Crippen molar-refractivity contribution < 1.29 is 0 Å². The van der Waals surface area contributed by atoms with Crippen LogP contribution >= 0.6 is 31.9 Å². The summed E-state index contributed by atoms with van der Waals surface area (Å²) in [6.07, 6.45) is 1.67. The molecule has 3 rings (SSSR count). The highest BCUT2D eigenvalue weighted by atomic mass is 79.9. The van der Waals surface area contributed by atoms with E-state index in [0.29, 0.717) is 13.1 Å². The van der Waals surface area contributed by atoms with Gasteiger partial charge in [-0.2, -0.15) is 0 Å². The average Bonchev–Trinajstić information content (AvgIpc) is 2.71. The zero-order valence-corrected chi connectivity index (χ0v) is 19.7. The maximum absolute atomic E-state index is 5.67. The van der Waals surface area contributed by atoms with Gasteiger partial charge in [-0.1, -0.05) is 61.6 Å². The van der Waals surface area contributed by atoms with Crippen LogP contribution in [0, 0.1) is 23.7 Å². The summed E-state index contributed by atoms with van der Waals surface area (Å²) in [6.45, 7) is 1.24. The summed E-state index contributed by atoms with van der Waals surface area (Å²) in [5, 5.41) is 0. The molecular weight excluding hydrogens is 500 g/mol. The van der Waals surface area contributed by atoms with E-state index in [1.807, 2.05) is 36.4 Å². The number of rotatable bonds is 4. The van der Waals surface area contributed by atoms with E-state index >= 15 is 0 Å². The summed E-state index contributed by atoms with van der Waals surface area (Å²) in [5.74, 6) is 13.0. The highest BCUT2D eigenvalue weighted by Crippen LogP contribution is 2.17. The van der Waals surface area contributed by atoms with Crippen molar-refractivity contribution in [2.45, 2.75) is 12.8 Å². The summed E-state index contributed by atoms with van der Waals surface area (Å²) in [5.41, 5.74) is 17.5. The van der Waals surface area contributed by atoms with Crippen LogP contribution in [0.1, 0.15) is 33.4 Å². The van der Waals surface area contributed by atoms with E-state index in [1.54, 1.807) is 0 Å². The fourth-order valence-corrected chi connectivity index (χ4v) is 4.11. The molecule has 0 saturated carbocycles. The molecule has 0 bridgehead atoms. The highest BCUT2D eigenvalue weighted by Gasteiger charge is 1.99. The Labute approximate surface area is 195 Å². The predicted octanol–water partition coefficient (Wildman–Crippen LogP) is 5.01. The van der Waals surface area contributed by atoms with Gasteiger partial charge in [0.2, 0.25) is 0 Å². The molecule has 0 atom stereocenters. The predicted molar refractivity (Wildman–Crippen MR) is 132 cm³/mol. The van der Waals surface area contributed by atoms with Gasteiger partial charge in [0.05, 0.1) is 0 Å². The first-order chi connectivity index (χ1) is 14.6. The second-order valence-corrected chi connectivity index (χ2v) is 8.69. The maximum Gasteiger partial charge on any atom is 0.0263 e. The van der Waals surface area contributed by atoms with E-state index in [2.05, 4.69) is 79.8 Å². The minimum absolute atomic E-state index is 0.621. The molecule has 0 aliphatic carbocycles. The van der Waals surface area contributed by atoms with Crippen LogP contribution in [-0.4, -0.2) is 13.1 Å². The molecule has 0 unspecified atom stereocenters. The molecule has 2 nitrogen and oxygen atoms in total. The van der Waals surface area contributed by atoms with Crippen LogP contribution in [0.2, 0.25) is 0 Å². The lowest BCUT2D eigenvalue weighted by atomic mass is 10.1. The minimum atomic E-state index is 0.621. The van der Waals surface area contributed by atoms with Crippen LogP contribution in [0.15, 0.2) is 69.6 Å². The van der Waals surface area contributed by atoms with Crippen molar-refractivity contribution in [3.63, 3.8) is 0 Å². The molecule has 0 radical (unpaired) electrons. The smallest absolute Gasteiger partial charge is 0.0263 e. The molecule has 3 aromatic rings. The molecule has 0 heterocycles. The Kier molecular flexibility index (Phi) is 8.31. The van der Waals surface area contributed by atoms with Gasteiger partial charge in [0.15, 0.2) is 0 Å². The van der Waals surface area contributed by atoms with E-state index in [9.17, 15) is 0 Å². The molecular formula is C26H22Br2N2. The van der Waals surface area contributed by atoms with Gasteiger partial charge in [-0.05, 0) is 91.7 Å². The third-order valence-corrected chi connectivity index (χ3v) is 5.26. The number of hydrogen-bond donors (Lipinski definition) is 2. The van der Waals surface area contributed by atoms with Crippen LogP contribution in [0.4, 0.5) is 0 Å². The van der Waals surface area contributed by atoms with Gasteiger partial charge in [-0.15, -0.1) is 0 Å². The molecule has 30 heavy (non-hydrogen) atoms. The molecule has 0 spiro atoms. The molecule has 0 fully saturated rings. The zero-order valence-electron chi connectivity index (χ0n) is 16.5. The van der Waals surface area contributed by atoms with Crippen molar-refractivity contribution in [2.75, 3.05) is 13.1 Å². The quantitative estimate of drug-likeness (QED) is 0.474. The Morgan fingerprint density at radius 3 is 1.43 bits per heavy atom. The van der Waals surface area contributed by atoms with Crippen molar-refractivity contribution >= 4 is 31.9 Å². The number of hydrogen-bond acceptors (Lipinski definition) is 2. The van der Waals surface area contributed by atoms with Gasteiger partial charge in [-0.25, -0.2) is 0 Å². The average molecular weight is 522 g/mol. The van der Waals surface area contributed by atoms with Crippen molar-refractivity contribution in [1.82, 2.24) is 0 Å². The van der Waals surface area contributed by atoms with Crippen LogP contribution in [-0.2, 0) is 12.8 Å². The van der Waals surface area contributed by atoms with Gasteiger partial charge in [-0.3, -0.25) is 0 Å². The van der Waals surface area contributed by atoms with E-state index in [0.717, 1.165) is 44.0 Å². The number of benzene rings is 3.